The molecular formula is C19H28ClN3O2. The van der Waals surface area contributed by atoms with Gasteiger partial charge in [0.2, 0.25) is 5.91 Å². The Hall–Kier alpha value is -1.59. The maximum Gasteiger partial charge on any atom is 0.253 e. The number of nitrogens with zero attached hydrogens (tertiary/aromatic N) is 2. The van der Waals surface area contributed by atoms with E-state index >= 15 is 0 Å². The SMILES string of the molecule is CC(C)CNC(=O)C(C)N1CCCN(C(=O)c2cccc(Cl)c2)CC1. The second kappa shape index (κ2) is 9.20. The van der Waals surface area contributed by atoms with E-state index in [9.17, 15) is 9.59 Å². The van der Waals surface area contributed by atoms with Gasteiger partial charge in [0, 0.05) is 43.3 Å². The van der Waals surface area contributed by atoms with Crippen molar-refractivity contribution < 1.29 is 9.59 Å². The normalized spacial score (nSPS) is 17.2. The zero-order valence-electron chi connectivity index (χ0n) is 15.3. The molecule has 1 aliphatic rings. The first kappa shape index (κ1) is 19.7. The van der Waals surface area contributed by atoms with E-state index in [-0.39, 0.29) is 17.9 Å². The second-order valence-corrected chi connectivity index (χ2v) is 7.44. The number of hydrogen-bond acceptors (Lipinski definition) is 3. The van der Waals surface area contributed by atoms with Crippen LogP contribution in [-0.4, -0.2) is 60.4 Å². The Balaban J connectivity index is 1.93. The number of hydrogen-bond donors (Lipinski definition) is 1. The van der Waals surface area contributed by atoms with E-state index in [0.717, 1.165) is 13.0 Å². The van der Waals surface area contributed by atoms with Crippen LogP contribution in [0.3, 0.4) is 0 Å². The van der Waals surface area contributed by atoms with Crippen LogP contribution in [0.25, 0.3) is 0 Å². The van der Waals surface area contributed by atoms with Crippen LogP contribution in [0, 0.1) is 5.92 Å². The van der Waals surface area contributed by atoms with Gasteiger partial charge in [0.25, 0.3) is 5.91 Å². The van der Waals surface area contributed by atoms with Crippen LogP contribution in [0.2, 0.25) is 5.02 Å². The van der Waals surface area contributed by atoms with Crippen LogP contribution >= 0.6 is 11.6 Å². The number of benzene rings is 1. The van der Waals surface area contributed by atoms with Crippen molar-refractivity contribution in [1.82, 2.24) is 15.1 Å². The molecule has 0 spiro atoms. The number of nitrogens with one attached hydrogen (secondary N) is 1. The van der Waals surface area contributed by atoms with E-state index in [2.05, 4.69) is 24.1 Å². The van der Waals surface area contributed by atoms with Gasteiger partial charge in [-0.3, -0.25) is 14.5 Å². The molecule has 1 atom stereocenters. The Morgan fingerprint density at radius 3 is 2.60 bits per heavy atom. The van der Waals surface area contributed by atoms with Gasteiger partial charge in [-0.25, -0.2) is 0 Å². The molecule has 0 aliphatic carbocycles. The molecule has 1 saturated heterocycles. The number of rotatable bonds is 5. The Kier molecular flexibility index (Phi) is 7.26. The Morgan fingerprint density at radius 1 is 1.16 bits per heavy atom. The summed E-state index contributed by atoms with van der Waals surface area (Å²) in [6.07, 6.45) is 0.855. The van der Waals surface area contributed by atoms with Crippen molar-refractivity contribution in [1.29, 1.82) is 0 Å². The Bertz CT molecular complexity index is 606. The van der Waals surface area contributed by atoms with Crippen molar-refractivity contribution in [2.45, 2.75) is 33.2 Å². The fourth-order valence-electron chi connectivity index (χ4n) is 2.95. The smallest absolute Gasteiger partial charge is 0.253 e. The number of amides is 2. The quantitative estimate of drug-likeness (QED) is 0.872. The molecule has 1 aromatic carbocycles. The maximum atomic E-state index is 12.7. The van der Waals surface area contributed by atoms with Gasteiger partial charge < -0.3 is 10.2 Å². The van der Waals surface area contributed by atoms with E-state index < -0.39 is 0 Å². The molecule has 25 heavy (non-hydrogen) atoms. The van der Waals surface area contributed by atoms with Crippen molar-refractivity contribution in [2.24, 2.45) is 5.92 Å². The summed E-state index contributed by atoms with van der Waals surface area (Å²) >= 11 is 5.99. The van der Waals surface area contributed by atoms with Gasteiger partial charge in [-0.15, -0.1) is 0 Å². The first-order valence-corrected chi connectivity index (χ1v) is 9.33. The molecule has 1 aromatic rings. The van der Waals surface area contributed by atoms with E-state index in [4.69, 9.17) is 11.6 Å². The van der Waals surface area contributed by atoms with E-state index in [1.54, 1.807) is 24.3 Å². The van der Waals surface area contributed by atoms with Crippen molar-refractivity contribution in [3.05, 3.63) is 34.9 Å². The average molecular weight is 366 g/mol. The Labute approximate surface area is 155 Å². The van der Waals surface area contributed by atoms with Crippen molar-refractivity contribution in [3.8, 4) is 0 Å². The van der Waals surface area contributed by atoms with Gasteiger partial charge in [0.1, 0.15) is 0 Å². The molecule has 0 saturated carbocycles. The number of carbonyl (C=O) groups is 2. The molecule has 2 amide bonds. The monoisotopic (exact) mass is 365 g/mol. The minimum absolute atomic E-state index is 0.00117. The van der Waals surface area contributed by atoms with Crippen LogP contribution in [0.15, 0.2) is 24.3 Å². The van der Waals surface area contributed by atoms with Gasteiger partial charge in [0.15, 0.2) is 0 Å². The van der Waals surface area contributed by atoms with Gasteiger partial charge in [-0.1, -0.05) is 31.5 Å². The van der Waals surface area contributed by atoms with E-state index in [1.165, 1.54) is 0 Å². The van der Waals surface area contributed by atoms with Crippen LogP contribution in [0.4, 0.5) is 0 Å². The highest BCUT2D eigenvalue weighted by molar-refractivity contribution is 6.30. The lowest BCUT2D eigenvalue weighted by Crippen LogP contribution is -2.47. The molecule has 1 N–H and O–H groups in total. The summed E-state index contributed by atoms with van der Waals surface area (Å²) in [4.78, 5) is 29.0. The summed E-state index contributed by atoms with van der Waals surface area (Å²) in [6.45, 7) is 9.61. The first-order valence-electron chi connectivity index (χ1n) is 8.95. The molecule has 1 unspecified atom stereocenters. The molecular weight excluding hydrogens is 338 g/mol. The standard InChI is InChI=1S/C19H28ClN3O2/c1-14(2)13-21-18(24)15(3)22-8-5-9-23(11-10-22)19(25)16-6-4-7-17(20)12-16/h4,6-7,12,14-15H,5,8-11,13H2,1-3H3,(H,21,24). The van der Waals surface area contributed by atoms with Gasteiger partial charge in [0.05, 0.1) is 6.04 Å². The average Bonchev–Trinajstić information content (AvgIpc) is 2.84. The Morgan fingerprint density at radius 2 is 1.92 bits per heavy atom. The van der Waals surface area contributed by atoms with Gasteiger partial charge >= 0.3 is 0 Å². The molecule has 0 aromatic heterocycles. The zero-order valence-corrected chi connectivity index (χ0v) is 16.1. The summed E-state index contributed by atoms with van der Waals surface area (Å²) in [6, 6.07) is 6.87. The van der Waals surface area contributed by atoms with Gasteiger partial charge in [-0.2, -0.15) is 0 Å². The number of halogens is 1. The van der Waals surface area contributed by atoms with E-state index in [0.29, 0.717) is 42.7 Å². The van der Waals surface area contributed by atoms with Gasteiger partial charge in [-0.05, 0) is 37.5 Å². The fraction of sp³-hybridized carbons (Fsp3) is 0.579. The second-order valence-electron chi connectivity index (χ2n) is 7.01. The number of carbonyl (C=O) groups excluding carboxylic acids is 2. The molecule has 1 heterocycles. The zero-order chi connectivity index (χ0) is 18.4. The molecule has 5 nitrogen and oxygen atoms in total. The molecule has 2 rings (SSSR count). The highest BCUT2D eigenvalue weighted by Gasteiger charge is 2.26. The predicted molar refractivity (Wildman–Crippen MR) is 101 cm³/mol. The highest BCUT2D eigenvalue weighted by Crippen LogP contribution is 2.15. The van der Waals surface area contributed by atoms with E-state index in [1.807, 2.05) is 11.8 Å². The predicted octanol–water partition coefficient (Wildman–Crippen LogP) is 2.65. The summed E-state index contributed by atoms with van der Waals surface area (Å²) in [5.74, 6) is 0.496. The lowest BCUT2D eigenvalue weighted by atomic mass is 10.2. The molecule has 6 heteroatoms. The molecule has 138 valence electrons. The van der Waals surface area contributed by atoms with Crippen LogP contribution in [0.5, 0.6) is 0 Å². The van der Waals surface area contributed by atoms with Crippen LogP contribution < -0.4 is 5.32 Å². The highest BCUT2D eigenvalue weighted by atomic mass is 35.5. The molecule has 0 radical (unpaired) electrons. The third kappa shape index (κ3) is 5.72. The third-order valence-corrected chi connectivity index (χ3v) is 4.74. The molecule has 1 fully saturated rings. The topological polar surface area (TPSA) is 52.7 Å². The minimum Gasteiger partial charge on any atom is -0.354 e. The lowest BCUT2D eigenvalue weighted by molar-refractivity contribution is -0.126. The lowest BCUT2D eigenvalue weighted by Gasteiger charge is -2.27. The molecule has 1 aliphatic heterocycles. The summed E-state index contributed by atoms with van der Waals surface area (Å²) in [5, 5.41) is 3.56. The largest absolute Gasteiger partial charge is 0.354 e. The van der Waals surface area contributed by atoms with Crippen molar-refractivity contribution in [2.75, 3.05) is 32.7 Å². The third-order valence-electron chi connectivity index (χ3n) is 4.50. The minimum atomic E-state index is -0.181. The van der Waals surface area contributed by atoms with Crippen molar-refractivity contribution in [3.63, 3.8) is 0 Å². The van der Waals surface area contributed by atoms with Crippen LogP contribution in [0.1, 0.15) is 37.6 Å². The van der Waals surface area contributed by atoms with Crippen molar-refractivity contribution >= 4 is 23.4 Å². The summed E-state index contributed by atoms with van der Waals surface area (Å²) < 4.78 is 0. The first-order chi connectivity index (χ1) is 11.9. The molecule has 0 bridgehead atoms. The summed E-state index contributed by atoms with van der Waals surface area (Å²) in [5.41, 5.74) is 0.615. The fourth-order valence-corrected chi connectivity index (χ4v) is 3.14. The van der Waals surface area contributed by atoms with Crippen LogP contribution in [-0.2, 0) is 4.79 Å². The summed E-state index contributed by atoms with van der Waals surface area (Å²) in [7, 11) is 0. The maximum absolute atomic E-state index is 12.7.